The van der Waals surface area contributed by atoms with Gasteiger partial charge in [-0.1, -0.05) is 6.07 Å². The lowest BCUT2D eigenvalue weighted by Gasteiger charge is -2.08. The third-order valence-electron chi connectivity index (χ3n) is 2.45. The standard InChI is InChI=1S/C13H9N3O3/c1-8-2-3-9(13(17)18)6-11(8)19-12-10(7-14)4-5-15-16-12/h2-6H,1H3,(H,17,18). The van der Waals surface area contributed by atoms with Crippen molar-refractivity contribution >= 4 is 5.97 Å². The predicted octanol–water partition coefficient (Wildman–Crippen LogP) is 2.15. The maximum absolute atomic E-state index is 10.9. The minimum Gasteiger partial charge on any atom is -0.478 e. The molecule has 1 heterocycles. The summed E-state index contributed by atoms with van der Waals surface area (Å²) in [6.07, 6.45) is 1.38. The average Bonchev–Trinajstić information content (AvgIpc) is 2.41. The first-order valence-electron chi connectivity index (χ1n) is 5.35. The fraction of sp³-hybridized carbons (Fsp3) is 0.0769. The van der Waals surface area contributed by atoms with E-state index in [9.17, 15) is 4.79 Å². The van der Waals surface area contributed by atoms with Crippen LogP contribution in [0.1, 0.15) is 21.5 Å². The number of rotatable bonds is 3. The van der Waals surface area contributed by atoms with Gasteiger partial charge in [0.15, 0.2) is 0 Å². The summed E-state index contributed by atoms with van der Waals surface area (Å²) in [6.45, 7) is 1.77. The van der Waals surface area contributed by atoms with Gasteiger partial charge < -0.3 is 9.84 Å². The molecular formula is C13H9N3O3. The largest absolute Gasteiger partial charge is 0.478 e. The van der Waals surface area contributed by atoms with E-state index in [4.69, 9.17) is 15.1 Å². The molecule has 0 radical (unpaired) electrons. The zero-order chi connectivity index (χ0) is 13.8. The Morgan fingerprint density at radius 3 is 2.89 bits per heavy atom. The zero-order valence-corrected chi connectivity index (χ0v) is 9.99. The van der Waals surface area contributed by atoms with E-state index in [-0.39, 0.29) is 17.0 Å². The highest BCUT2D eigenvalue weighted by molar-refractivity contribution is 5.88. The van der Waals surface area contributed by atoms with Crippen LogP contribution in [-0.4, -0.2) is 21.3 Å². The molecule has 94 valence electrons. The number of carbonyl (C=O) groups is 1. The van der Waals surface area contributed by atoms with Crippen molar-refractivity contribution in [2.45, 2.75) is 6.92 Å². The normalized spacial score (nSPS) is 9.68. The Hall–Kier alpha value is -2.94. The number of nitriles is 1. The van der Waals surface area contributed by atoms with Crippen molar-refractivity contribution in [3.63, 3.8) is 0 Å². The van der Waals surface area contributed by atoms with Crippen molar-refractivity contribution in [3.8, 4) is 17.7 Å². The van der Waals surface area contributed by atoms with Crippen molar-refractivity contribution in [3.05, 3.63) is 47.2 Å². The number of hydrogen-bond acceptors (Lipinski definition) is 5. The van der Waals surface area contributed by atoms with Gasteiger partial charge in [-0.25, -0.2) is 4.79 Å². The summed E-state index contributed by atoms with van der Waals surface area (Å²) < 4.78 is 5.46. The summed E-state index contributed by atoms with van der Waals surface area (Å²) in [5.41, 5.74) is 1.07. The third kappa shape index (κ3) is 2.66. The molecule has 6 nitrogen and oxygen atoms in total. The molecule has 0 aliphatic carbocycles. The van der Waals surface area contributed by atoms with Gasteiger partial charge in [0.2, 0.25) is 0 Å². The van der Waals surface area contributed by atoms with Crippen LogP contribution < -0.4 is 4.74 Å². The van der Waals surface area contributed by atoms with Crippen LogP contribution in [0.15, 0.2) is 30.5 Å². The van der Waals surface area contributed by atoms with E-state index in [0.29, 0.717) is 5.75 Å². The van der Waals surface area contributed by atoms with E-state index in [1.807, 2.05) is 6.07 Å². The van der Waals surface area contributed by atoms with Gasteiger partial charge in [-0.05, 0) is 30.7 Å². The Bertz CT molecular complexity index is 677. The second-order valence-electron chi connectivity index (χ2n) is 3.75. The van der Waals surface area contributed by atoms with E-state index >= 15 is 0 Å². The highest BCUT2D eigenvalue weighted by Gasteiger charge is 2.11. The molecule has 6 heteroatoms. The van der Waals surface area contributed by atoms with Gasteiger partial charge in [0, 0.05) is 0 Å². The fourth-order valence-corrected chi connectivity index (χ4v) is 1.43. The van der Waals surface area contributed by atoms with E-state index in [1.165, 1.54) is 24.4 Å². The topological polar surface area (TPSA) is 96.1 Å². The van der Waals surface area contributed by atoms with Crippen LogP contribution in [0.5, 0.6) is 11.6 Å². The molecule has 2 rings (SSSR count). The van der Waals surface area contributed by atoms with Gasteiger partial charge in [0.05, 0.1) is 11.8 Å². The van der Waals surface area contributed by atoms with Crippen molar-refractivity contribution < 1.29 is 14.6 Å². The van der Waals surface area contributed by atoms with E-state index in [0.717, 1.165) is 5.56 Å². The molecule has 0 saturated carbocycles. The molecule has 0 spiro atoms. The average molecular weight is 255 g/mol. The number of ether oxygens (including phenoxy) is 1. The Morgan fingerprint density at radius 1 is 1.42 bits per heavy atom. The Balaban J connectivity index is 2.41. The van der Waals surface area contributed by atoms with Gasteiger partial charge in [0.25, 0.3) is 5.88 Å². The van der Waals surface area contributed by atoms with E-state index in [2.05, 4.69) is 10.2 Å². The fourth-order valence-electron chi connectivity index (χ4n) is 1.43. The Morgan fingerprint density at radius 2 is 2.21 bits per heavy atom. The predicted molar refractivity (Wildman–Crippen MR) is 65.0 cm³/mol. The highest BCUT2D eigenvalue weighted by atomic mass is 16.5. The zero-order valence-electron chi connectivity index (χ0n) is 9.99. The number of aromatic nitrogens is 2. The number of benzene rings is 1. The minimum atomic E-state index is -1.05. The second kappa shape index (κ2) is 5.14. The highest BCUT2D eigenvalue weighted by Crippen LogP contribution is 2.26. The molecule has 2 aromatic rings. The number of nitrogens with zero attached hydrogens (tertiary/aromatic N) is 3. The molecule has 0 fully saturated rings. The quantitative estimate of drug-likeness (QED) is 0.902. The van der Waals surface area contributed by atoms with Crippen molar-refractivity contribution in [2.24, 2.45) is 0 Å². The maximum atomic E-state index is 10.9. The van der Waals surface area contributed by atoms with Crippen LogP contribution in [0.2, 0.25) is 0 Å². The van der Waals surface area contributed by atoms with Gasteiger partial charge in [-0.3, -0.25) is 0 Å². The summed E-state index contributed by atoms with van der Waals surface area (Å²) in [6, 6.07) is 7.89. The summed E-state index contributed by atoms with van der Waals surface area (Å²) in [5.74, 6) is -0.669. The molecule has 0 saturated heterocycles. The van der Waals surface area contributed by atoms with Crippen LogP contribution in [0.4, 0.5) is 0 Å². The Labute approximate surface area is 108 Å². The number of hydrogen-bond donors (Lipinski definition) is 1. The molecular weight excluding hydrogens is 246 g/mol. The minimum absolute atomic E-state index is 0.0515. The summed E-state index contributed by atoms with van der Waals surface area (Å²) in [5, 5.41) is 25.2. The summed E-state index contributed by atoms with van der Waals surface area (Å²) in [4.78, 5) is 10.9. The first-order chi connectivity index (χ1) is 9.11. The summed E-state index contributed by atoms with van der Waals surface area (Å²) >= 11 is 0. The van der Waals surface area contributed by atoms with Gasteiger partial charge in [-0.15, -0.1) is 5.10 Å². The van der Waals surface area contributed by atoms with Gasteiger partial charge in [-0.2, -0.15) is 10.4 Å². The molecule has 0 atom stereocenters. The van der Waals surface area contributed by atoms with Crippen LogP contribution in [0.25, 0.3) is 0 Å². The van der Waals surface area contributed by atoms with E-state index in [1.54, 1.807) is 13.0 Å². The van der Waals surface area contributed by atoms with Crippen molar-refractivity contribution in [2.75, 3.05) is 0 Å². The molecule has 1 aromatic heterocycles. The van der Waals surface area contributed by atoms with Crippen LogP contribution in [0, 0.1) is 18.3 Å². The molecule has 0 bridgehead atoms. The number of aryl methyl sites for hydroxylation is 1. The molecule has 0 aliphatic heterocycles. The maximum Gasteiger partial charge on any atom is 0.335 e. The lowest BCUT2D eigenvalue weighted by atomic mass is 10.1. The van der Waals surface area contributed by atoms with Gasteiger partial charge in [0.1, 0.15) is 17.4 Å². The molecule has 19 heavy (non-hydrogen) atoms. The number of carboxylic acids is 1. The first-order valence-corrected chi connectivity index (χ1v) is 5.35. The first kappa shape index (κ1) is 12.5. The monoisotopic (exact) mass is 255 g/mol. The SMILES string of the molecule is Cc1ccc(C(=O)O)cc1Oc1nnccc1C#N. The molecule has 1 aromatic carbocycles. The van der Waals surface area contributed by atoms with Crippen molar-refractivity contribution in [1.82, 2.24) is 10.2 Å². The molecule has 0 unspecified atom stereocenters. The summed E-state index contributed by atoms with van der Waals surface area (Å²) in [7, 11) is 0. The number of aromatic carboxylic acids is 1. The lowest BCUT2D eigenvalue weighted by molar-refractivity contribution is 0.0696. The smallest absolute Gasteiger partial charge is 0.335 e. The van der Waals surface area contributed by atoms with Gasteiger partial charge >= 0.3 is 5.97 Å². The van der Waals surface area contributed by atoms with Crippen LogP contribution in [-0.2, 0) is 0 Å². The van der Waals surface area contributed by atoms with Crippen molar-refractivity contribution in [1.29, 1.82) is 5.26 Å². The van der Waals surface area contributed by atoms with E-state index < -0.39 is 5.97 Å². The lowest BCUT2D eigenvalue weighted by Crippen LogP contribution is -1.99. The second-order valence-corrected chi connectivity index (χ2v) is 3.75. The van der Waals surface area contributed by atoms with Crippen LogP contribution in [0.3, 0.4) is 0 Å². The third-order valence-corrected chi connectivity index (χ3v) is 2.45. The van der Waals surface area contributed by atoms with Crippen LogP contribution >= 0.6 is 0 Å². The molecule has 1 N–H and O–H groups in total. The Kier molecular flexibility index (Phi) is 3.39. The molecule has 0 amide bonds. The number of carboxylic acid groups (broad SMARTS) is 1. The molecule has 0 aliphatic rings.